The Balaban J connectivity index is 1.71. The second-order valence-corrected chi connectivity index (χ2v) is 7.49. The number of rotatable bonds is 4. The van der Waals surface area contributed by atoms with E-state index in [1.54, 1.807) is 0 Å². The molecule has 0 unspecified atom stereocenters. The number of likely N-dealkylation sites (tertiary alicyclic amines) is 1. The van der Waals surface area contributed by atoms with E-state index in [1.807, 2.05) is 0 Å². The molecular formula is C19H30N2O. The van der Waals surface area contributed by atoms with Crippen LogP contribution in [-0.2, 0) is 11.2 Å². The molecule has 1 aliphatic heterocycles. The molecule has 0 radical (unpaired) electrons. The molecule has 0 bridgehead atoms. The quantitative estimate of drug-likeness (QED) is 0.925. The van der Waals surface area contributed by atoms with Gasteiger partial charge in [0.15, 0.2) is 0 Å². The third-order valence-corrected chi connectivity index (χ3v) is 4.57. The SMILES string of the molecule is Cc1ccc(CCC(=O)NC2CCN(C(C)(C)C)CC2)cc1. The van der Waals surface area contributed by atoms with E-state index in [0.29, 0.717) is 12.5 Å². The van der Waals surface area contributed by atoms with Gasteiger partial charge in [-0.05, 0) is 52.5 Å². The first-order valence-corrected chi connectivity index (χ1v) is 8.44. The first-order valence-electron chi connectivity index (χ1n) is 8.44. The first kappa shape index (κ1) is 17.0. The van der Waals surface area contributed by atoms with Crippen LogP contribution in [-0.4, -0.2) is 35.5 Å². The summed E-state index contributed by atoms with van der Waals surface area (Å²) in [6.07, 6.45) is 3.54. The summed E-state index contributed by atoms with van der Waals surface area (Å²) in [6, 6.07) is 8.80. The van der Waals surface area contributed by atoms with Gasteiger partial charge in [-0.25, -0.2) is 0 Å². The molecule has 2 rings (SSSR count). The van der Waals surface area contributed by atoms with Gasteiger partial charge in [0.1, 0.15) is 0 Å². The highest BCUT2D eigenvalue weighted by atomic mass is 16.1. The van der Waals surface area contributed by atoms with Crippen molar-refractivity contribution in [3.05, 3.63) is 35.4 Å². The Bertz CT molecular complexity index is 479. The number of hydrogen-bond acceptors (Lipinski definition) is 2. The Morgan fingerprint density at radius 3 is 2.32 bits per heavy atom. The summed E-state index contributed by atoms with van der Waals surface area (Å²) in [5.74, 6) is 0.190. The van der Waals surface area contributed by atoms with E-state index >= 15 is 0 Å². The van der Waals surface area contributed by atoms with Crippen LogP contribution in [0.2, 0.25) is 0 Å². The van der Waals surface area contributed by atoms with Crippen molar-refractivity contribution in [2.45, 2.75) is 65.0 Å². The minimum Gasteiger partial charge on any atom is -0.353 e. The van der Waals surface area contributed by atoms with Gasteiger partial charge in [0.05, 0.1) is 0 Å². The maximum atomic E-state index is 12.1. The van der Waals surface area contributed by atoms with Crippen LogP contribution < -0.4 is 5.32 Å². The van der Waals surface area contributed by atoms with Gasteiger partial charge in [0.2, 0.25) is 5.91 Å². The van der Waals surface area contributed by atoms with E-state index < -0.39 is 0 Å². The summed E-state index contributed by atoms with van der Waals surface area (Å²) < 4.78 is 0. The normalized spacial score (nSPS) is 17.5. The molecule has 0 saturated carbocycles. The van der Waals surface area contributed by atoms with Gasteiger partial charge in [-0.15, -0.1) is 0 Å². The van der Waals surface area contributed by atoms with Crippen molar-refractivity contribution in [2.75, 3.05) is 13.1 Å². The van der Waals surface area contributed by atoms with Crippen molar-refractivity contribution in [3.8, 4) is 0 Å². The molecule has 1 heterocycles. The number of nitrogens with one attached hydrogen (secondary N) is 1. The van der Waals surface area contributed by atoms with Gasteiger partial charge >= 0.3 is 0 Å². The number of amides is 1. The lowest BCUT2D eigenvalue weighted by Crippen LogP contribution is -2.50. The van der Waals surface area contributed by atoms with Crippen LogP contribution in [0.25, 0.3) is 0 Å². The molecule has 1 fully saturated rings. The highest BCUT2D eigenvalue weighted by Crippen LogP contribution is 2.20. The highest BCUT2D eigenvalue weighted by Gasteiger charge is 2.27. The van der Waals surface area contributed by atoms with E-state index in [1.165, 1.54) is 11.1 Å². The van der Waals surface area contributed by atoms with Crippen LogP contribution in [0.15, 0.2) is 24.3 Å². The standard InChI is InChI=1S/C19H30N2O/c1-15-5-7-16(8-6-15)9-10-18(22)20-17-11-13-21(14-12-17)19(2,3)4/h5-8,17H,9-14H2,1-4H3,(H,20,22). The van der Waals surface area contributed by atoms with Crippen LogP contribution in [0.3, 0.4) is 0 Å². The molecule has 0 aliphatic carbocycles. The van der Waals surface area contributed by atoms with Gasteiger partial charge in [-0.1, -0.05) is 29.8 Å². The zero-order valence-electron chi connectivity index (χ0n) is 14.5. The third-order valence-electron chi connectivity index (χ3n) is 4.57. The average molecular weight is 302 g/mol. The number of aryl methyl sites for hydroxylation is 2. The Kier molecular flexibility index (Phi) is 5.63. The zero-order chi connectivity index (χ0) is 16.2. The summed E-state index contributed by atoms with van der Waals surface area (Å²) in [4.78, 5) is 14.6. The Morgan fingerprint density at radius 2 is 1.77 bits per heavy atom. The van der Waals surface area contributed by atoms with Gasteiger partial charge in [-0.2, -0.15) is 0 Å². The Morgan fingerprint density at radius 1 is 1.18 bits per heavy atom. The van der Waals surface area contributed by atoms with Crippen LogP contribution in [0.4, 0.5) is 0 Å². The molecule has 1 aromatic rings. The maximum absolute atomic E-state index is 12.1. The van der Waals surface area contributed by atoms with E-state index in [4.69, 9.17) is 0 Å². The molecule has 122 valence electrons. The molecule has 1 saturated heterocycles. The van der Waals surface area contributed by atoms with E-state index in [9.17, 15) is 4.79 Å². The Hall–Kier alpha value is -1.35. The highest BCUT2D eigenvalue weighted by molar-refractivity contribution is 5.76. The summed E-state index contributed by atoms with van der Waals surface area (Å²) in [6.45, 7) is 11.0. The lowest BCUT2D eigenvalue weighted by atomic mass is 9.98. The van der Waals surface area contributed by atoms with Crippen molar-refractivity contribution >= 4 is 5.91 Å². The predicted molar refractivity (Wildman–Crippen MR) is 92.0 cm³/mol. The predicted octanol–water partition coefficient (Wildman–Crippen LogP) is 3.31. The molecule has 0 aromatic heterocycles. The second-order valence-electron chi connectivity index (χ2n) is 7.49. The zero-order valence-corrected chi connectivity index (χ0v) is 14.5. The molecule has 22 heavy (non-hydrogen) atoms. The van der Waals surface area contributed by atoms with E-state index in [0.717, 1.165) is 32.4 Å². The molecule has 3 nitrogen and oxygen atoms in total. The van der Waals surface area contributed by atoms with E-state index in [-0.39, 0.29) is 11.4 Å². The maximum Gasteiger partial charge on any atom is 0.220 e. The molecule has 1 amide bonds. The Labute approximate surface area is 135 Å². The fourth-order valence-corrected chi connectivity index (χ4v) is 3.01. The third kappa shape index (κ3) is 5.13. The van der Waals surface area contributed by atoms with Crippen molar-refractivity contribution in [1.29, 1.82) is 0 Å². The molecule has 1 aromatic carbocycles. The summed E-state index contributed by atoms with van der Waals surface area (Å²) in [7, 11) is 0. The van der Waals surface area contributed by atoms with Crippen LogP contribution >= 0.6 is 0 Å². The van der Waals surface area contributed by atoms with Gasteiger partial charge in [0.25, 0.3) is 0 Å². The topological polar surface area (TPSA) is 32.3 Å². The number of carbonyl (C=O) groups excluding carboxylic acids is 1. The molecule has 3 heteroatoms. The van der Waals surface area contributed by atoms with Crippen LogP contribution in [0.5, 0.6) is 0 Å². The minimum absolute atomic E-state index is 0.190. The van der Waals surface area contributed by atoms with Gasteiger partial charge in [-0.3, -0.25) is 9.69 Å². The molecule has 0 atom stereocenters. The monoisotopic (exact) mass is 302 g/mol. The number of carbonyl (C=O) groups is 1. The fraction of sp³-hybridized carbons (Fsp3) is 0.632. The number of piperidine rings is 1. The van der Waals surface area contributed by atoms with Gasteiger partial charge in [0, 0.05) is 31.1 Å². The second kappa shape index (κ2) is 7.28. The van der Waals surface area contributed by atoms with Crippen molar-refractivity contribution in [3.63, 3.8) is 0 Å². The number of benzene rings is 1. The molecular weight excluding hydrogens is 272 g/mol. The van der Waals surface area contributed by atoms with Crippen molar-refractivity contribution < 1.29 is 4.79 Å². The summed E-state index contributed by atoms with van der Waals surface area (Å²) >= 11 is 0. The lowest BCUT2D eigenvalue weighted by Gasteiger charge is -2.41. The number of hydrogen-bond donors (Lipinski definition) is 1. The first-order chi connectivity index (χ1) is 10.3. The van der Waals surface area contributed by atoms with Crippen LogP contribution in [0.1, 0.15) is 51.2 Å². The largest absolute Gasteiger partial charge is 0.353 e. The minimum atomic E-state index is 0.190. The van der Waals surface area contributed by atoms with Crippen molar-refractivity contribution in [2.24, 2.45) is 0 Å². The van der Waals surface area contributed by atoms with Crippen LogP contribution in [0, 0.1) is 6.92 Å². The molecule has 0 spiro atoms. The fourth-order valence-electron chi connectivity index (χ4n) is 3.01. The lowest BCUT2D eigenvalue weighted by molar-refractivity contribution is -0.122. The van der Waals surface area contributed by atoms with E-state index in [2.05, 4.69) is 62.2 Å². The number of nitrogens with zero attached hydrogens (tertiary/aromatic N) is 1. The molecule has 1 aliphatic rings. The summed E-state index contributed by atoms with van der Waals surface area (Å²) in [5, 5.41) is 3.21. The summed E-state index contributed by atoms with van der Waals surface area (Å²) in [5.41, 5.74) is 2.74. The average Bonchev–Trinajstić information content (AvgIpc) is 2.46. The molecule has 1 N–H and O–H groups in total. The smallest absolute Gasteiger partial charge is 0.220 e. The van der Waals surface area contributed by atoms with Gasteiger partial charge < -0.3 is 5.32 Å². The van der Waals surface area contributed by atoms with Crippen molar-refractivity contribution in [1.82, 2.24) is 10.2 Å².